The lowest BCUT2D eigenvalue weighted by molar-refractivity contribution is 0.0978. The predicted molar refractivity (Wildman–Crippen MR) is 113 cm³/mol. The van der Waals surface area contributed by atoms with Crippen molar-refractivity contribution in [2.45, 2.75) is 19.3 Å². The molecule has 0 unspecified atom stereocenters. The third-order valence-corrected chi connectivity index (χ3v) is 5.35. The standard InChI is InChI=1S/C19H18Cl2FN3OS/c20-14-6-4-5-13(17(14)21)18(26)24-19(27)23-12-7-8-16(15(22)11-12)25-9-2-1-3-10-25/h4-8,11H,1-3,9-10H2,(H2,23,24,26,27). The first kappa shape index (κ1) is 19.9. The first-order valence-corrected chi connectivity index (χ1v) is 9.73. The van der Waals surface area contributed by atoms with E-state index in [9.17, 15) is 9.18 Å². The van der Waals surface area contributed by atoms with E-state index >= 15 is 0 Å². The van der Waals surface area contributed by atoms with Crippen molar-refractivity contribution in [1.82, 2.24) is 5.32 Å². The number of hydrogen-bond donors (Lipinski definition) is 2. The molecule has 142 valence electrons. The molecule has 2 aromatic rings. The number of piperidine rings is 1. The molecule has 1 fully saturated rings. The van der Waals surface area contributed by atoms with Gasteiger partial charge < -0.3 is 10.2 Å². The number of carbonyl (C=O) groups excluding carboxylic acids is 1. The number of halogens is 3. The lowest BCUT2D eigenvalue weighted by Gasteiger charge is -2.29. The van der Waals surface area contributed by atoms with Crippen molar-refractivity contribution in [3.8, 4) is 0 Å². The van der Waals surface area contributed by atoms with Crippen LogP contribution in [0.3, 0.4) is 0 Å². The zero-order chi connectivity index (χ0) is 19.4. The Kier molecular flexibility index (Phi) is 6.52. The molecule has 0 aliphatic carbocycles. The van der Waals surface area contributed by atoms with Gasteiger partial charge in [-0.2, -0.15) is 0 Å². The van der Waals surface area contributed by atoms with Crippen molar-refractivity contribution in [2.75, 3.05) is 23.3 Å². The molecular formula is C19H18Cl2FN3OS. The highest BCUT2D eigenvalue weighted by Gasteiger charge is 2.16. The van der Waals surface area contributed by atoms with Crippen LogP contribution in [0.4, 0.5) is 15.8 Å². The molecule has 1 amide bonds. The second-order valence-electron chi connectivity index (χ2n) is 6.22. The maximum absolute atomic E-state index is 14.5. The van der Waals surface area contributed by atoms with E-state index in [1.165, 1.54) is 12.5 Å². The molecule has 1 heterocycles. The Labute approximate surface area is 172 Å². The highest BCUT2D eigenvalue weighted by Crippen LogP contribution is 2.27. The van der Waals surface area contributed by atoms with Crippen molar-refractivity contribution in [3.05, 3.63) is 57.8 Å². The maximum atomic E-state index is 14.5. The molecule has 0 saturated carbocycles. The van der Waals surface area contributed by atoms with Gasteiger partial charge in [0.15, 0.2) is 5.11 Å². The Morgan fingerprint density at radius 2 is 1.85 bits per heavy atom. The molecule has 0 aromatic heterocycles. The van der Waals surface area contributed by atoms with Gasteiger partial charge in [-0.15, -0.1) is 0 Å². The largest absolute Gasteiger partial charge is 0.369 e. The lowest BCUT2D eigenvalue weighted by atomic mass is 10.1. The van der Waals surface area contributed by atoms with Gasteiger partial charge in [0.1, 0.15) is 5.82 Å². The normalized spacial score (nSPS) is 14.0. The SMILES string of the molecule is O=C(NC(=S)Nc1ccc(N2CCCCC2)c(F)c1)c1cccc(Cl)c1Cl. The van der Waals surface area contributed by atoms with Crippen LogP contribution in [0, 0.1) is 5.82 Å². The fourth-order valence-electron chi connectivity index (χ4n) is 2.99. The van der Waals surface area contributed by atoms with Crippen LogP contribution in [0.25, 0.3) is 0 Å². The smallest absolute Gasteiger partial charge is 0.258 e. The van der Waals surface area contributed by atoms with Crippen LogP contribution in [-0.4, -0.2) is 24.1 Å². The molecule has 1 aliphatic rings. The highest BCUT2D eigenvalue weighted by atomic mass is 35.5. The summed E-state index contributed by atoms with van der Waals surface area (Å²) in [6, 6.07) is 9.57. The molecule has 0 atom stereocenters. The Morgan fingerprint density at radius 1 is 1.11 bits per heavy atom. The fraction of sp³-hybridized carbons (Fsp3) is 0.263. The second kappa shape index (κ2) is 8.87. The van der Waals surface area contributed by atoms with E-state index in [1.807, 2.05) is 4.90 Å². The molecule has 2 N–H and O–H groups in total. The molecule has 4 nitrogen and oxygen atoms in total. The van der Waals surface area contributed by atoms with Crippen LogP contribution in [-0.2, 0) is 0 Å². The van der Waals surface area contributed by atoms with Crippen LogP contribution >= 0.6 is 35.4 Å². The maximum Gasteiger partial charge on any atom is 0.258 e. The number of thiocarbonyl (C=S) groups is 1. The molecule has 8 heteroatoms. The molecule has 1 saturated heterocycles. The summed E-state index contributed by atoms with van der Waals surface area (Å²) >= 11 is 17.1. The zero-order valence-corrected chi connectivity index (χ0v) is 16.7. The lowest BCUT2D eigenvalue weighted by Crippen LogP contribution is -2.34. The number of benzene rings is 2. The molecule has 0 spiro atoms. The number of amides is 1. The van der Waals surface area contributed by atoms with Crippen molar-refractivity contribution in [3.63, 3.8) is 0 Å². The molecule has 2 aromatic carbocycles. The monoisotopic (exact) mass is 425 g/mol. The van der Waals surface area contributed by atoms with Gasteiger partial charge in [-0.25, -0.2) is 4.39 Å². The molecule has 27 heavy (non-hydrogen) atoms. The van der Waals surface area contributed by atoms with Gasteiger partial charge in [-0.05, 0) is 61.8 Å². The molecule has 3 rings (SSSR count). The Balaban J connectivity index is 1.64. The van der Waals surface area contributed by atoms with Gasteiger partial charge in [-0.3, -0.25) is 10.1 Å². The number of nitrogens with one attached hydrogen (secondary N) is 2. The first-order chi connectivity index (χ1) is 13.0. The molecule has 1 aliphatic heterocycles. The number of anilines is 2. The van der Waals surface area contributed by atoms with Crippen LogP contribution in [0.2, 0.25) is 10.0 Å². The summed E-state index contributed by atoms with van der Waals surface area (Å²) in [6.45, 7) is 1.72. The number of nitrogens with zero attached hydrogens (tertiary/aromatic N) is 1. The Morgan fingerprint density at radius 3 is 2.56 bits per heavy atom. The van der Waals surface area contributed by atoms with Gasteiger partial charge in [0.05, 0.1) is 21.3 Å². The van der Waals surface area contributed by atoms with Crippen molar-refractivity contribution >= 4 is 57.8 Å². The summed E-state index contributed by atoms with van der Waals surface area (Å²) < 4.78 is 14.5. The van der Waals surface area contributed by atoms with Crippen LogP contribution in [0.5, 0.6) is 0 Å². The fourth-order valence-corrected chi connectivity index (χ4v) is 3.58. The Bertz CT molecular complexity index is 872. The minimum absolute atomic E-state index is 0.0427. The average Bonchev–Trinajstić information content (AvgIpc) is 2.64. The minimum atomic E-state index is -0.495. The van der Waals surface area contributed by atoms with Crippen molar-refractivity contribution < 1.29 is 9.18 Å². The third-order valence-electron chi connectivity index (χ3n) is 4.33. The quantitative estimate of drug-likeness (QED) is 0.659. The summed E-state index contributed by atoms with van der Waals surface area (Å²) in [5, 5.41) is 5.80. The minimum Gasteiger partial charge on any atom is -0.369 e. The summed E-state index contributed by atoms with van der Waals surface area (Å²) in [5.74, 6) is -0.820. The van der Waals surface area contributed by atoms with Gasteiger partial charge >= 0.3 is 0 Å². The molecule has 0 bridgehead atoms. The van der Waals surface area contributed by atoms with Gasteiger partial charge in [-0.1, -0.05) is 29.3 Å². The van der Waals surface area contributed by atoms with E-state index < -0.39 is 5.91 Å². The molecule has 0 radical (unpaired) electrons. The van der Waals surface area contributed by atoms with Gasteiger partial charge in [0, 0.05) is 18.8 Å². The molecular weight excluding hydrogens is 408 g/mol. The number of rotatable bonds is 3. The highest BCUT2D eigenvalue weighted by molar-refractivity contribution is 7.80. The first-order valence-electron chi connectivity index (χ1n) is 8.56. The zero-order valence-electron chi connectivity index (χ0n) is 14.4. The topological polar surface area (TPSA) is 44.4 Å². The number of carbonyl (C=O) groups is 1. The van der Waals surface area contributed by atoms with Crippen LogP contribution < -0.4 is 15.5 Å². The van der Waals surface area contributed by atoms with E-state index in [4.69, 9.17) is 35.4 Å². The average molecular weight is 426 g/mol. The summed E-state index contributed by atoms with van der Waals surface area (Å²) in [6.07, 6.45) is 3.33. The second-order valence-corrected chi connectivity index (χ2v) is 7.42. The van der Waals surface area contributed by atoms with E-state index in [2.05, 4.69) is 10.6 Å². The van der Waals surface area contributed by atoms with E-state index in [1.54, 1.807) is 30.3 Å². The Hall–Kier alpha value is -1.89. The van der Waals surface area contributed by atoms with E-state index in [-0.39, 0.29) is 26.5 Å². The van der Waals surface area contributed by atoms with Crippen LogP contribution in [0.15, 0.2) is 36.4 Å². The summed E-state index contributed by atoms with van der Waals surface area (Å²) in [7, 11) is 0. The van der Waals surface area contributed by atoms with Crippen LogP contribution in [0.1, 0.15) is 29.6 Å². The van der Waals surface area contributed by atoms with E-state index in [0.717, 1.165) is 25.9 Å². The summed E-state index contributed by atoms with van der Waals surface area (Å²) in [4.78, 5) is 14.3. The van der Waals surface area contributed by atoms with Crippen molar-refractivity contribution in [1.29, 1.82) is 0 Å². The number of hydrogen-bond acceptors (Lipinski definition) is 3. The van der Waals surface area contributed by atoms with Gasteiger partial charge in [0.25, 0.3) is 5.91 Å². The van der Waals surface area contributed by atoms with Crippen molar-refractivity contribution in [2.24, 2.45) is 0 Å². The predicted octanol–water partition coefficient (Wildman–Crippen LogP) is 5.25. The van der Waals surface area contributed by atoms with E-state index in [0.29, 0.717) is 11.4 Å². The summed E-state index contributed by atoms with van der Waals surface area (Å²) in [5.41, 5.74) is 1.25. The third kappa shape index (κ3) is 4.89. The van der Waals surface area contributed by atoms with Gasteiger partial charge in [0.2, 0.25) is 0 Å².